The monoisotopic (exact) mass is 250 g/mol. The lowest BCUT2D eigenvalue weighted by Crippen LogP contribution is -2.51. The van der Waals surface area contributed by atoms with Gasteiger partial charge in [0.05, 0.1) is 6.10 Å². The van der Waals surface area contributed by atoms with Crippen LogP contribution in [0.25, 0.3) is 0 Å². The van der Waals surface area contributed by atoms with Crippen LogP contribution in [0.15, 0.2) is 23.8 Å². The molecule has 2 aliphatic carbocycles. The highest BCUT2D eigenvalue weighted by Gasteiger charge is 2.51. The molecule has 3 nitrogen and oxygen atoms in total. The Hall–Kier alpha value is -1.09. The van der Waals surface area contributed by atoms with E-state index in [2.05, 4.69) is 20.4 Å². The molecule has 0 spiro atoms. The highest BCUT2D eigenvalue weighted by atomic mass is 16.4. The summed E-state index contributed by atoms with van der Waals surface area (Å²) in [5, 5.41) is 19.5. The largest absolute Gasteiger partial charge is 0.478 e. The first kappa shape index (κ1) is 13.3. The van der Waals surface area contributed by atoms with Gasteiger partial charge in [0.15, 0.2) is 0 Å². The Morgan fingerprint density at radius 2 is 2.17 bits per heavy atom. The molecule has 2 N–H and O–H groups in total. The molecule has 0 radical (unpaired) electrons. The van der Waals surface area contributed by atoms with Gasteiger partial charge in [0.2, 0.25) is 0 Å². The molecule has 2 aliphatic rings. The summed E-state index contributed by atoms with van der Waals surface area (Å²) >= 11 is 0. The van der Waals surface area contributed by atoms with Gasteiger partial charge in [0, 0.05) is 12.0 Å². The van der Waals surface area contributed by atoms with Crippen molar-refractivity contribution in [2.75, 3.05) is 0 Å². The lowest BCUT2D eigenvalue weighted by molar-refractivity contribution is -0.134. The number of hydrogen-bond donors (Lipinski definition) is 2. The normalized spacial score (nSPS) is 35.4. The van der Waals surface area contributed by atoms with Gasteiger partial charge in [-0.05, 0) is 36.5 Å². The number of aliphatic carboxylic acids is 1. The molecule has 2 rings (SSSR count). The second-order valence-electron chi connectivity index (χ2n) is 6.33. The average molecular weight is 250 g/mol. The summed E-state index contributed by atoms with van der Waals surface area (Å²) in [5.74, 6) is -0.405. The number of rotatable bonds is 1. The average Bonchev–Trinajstić information content (AvgIpc) is 2.27. The zero-order valence-corrected chi connectivity index (χ0v) is 11.1. The van der Waals surface area contributed by atoms with Crippen molar-refractivity contribution in [3.63, 3.8) is 0 Å². The molecular formula is C15H22O3. The highest BCUT2D eigenvalue weighted by Crippen LogP contribution is 2.56. The predicted molar refractivity (Wildman–Crippen MR) is 70.1 cm³/mol. The van der Waals surface area contributed by atoms with E-state index in [1.165, 1.54) is 5.57 Å². The van der Waals surface area contributed by atoms with Gasteiger partial charge in [-0.1, -0.05) is 32.1 Å². The molecule has 2 unspecified atom stereocenters. The second kappa shape index (κ2) is 4.54. The van der Waals surface area contributed by atoms with Crippen molar-refractivity contribution in [1.29, 1.82) is 0 Å². The number of carbonyl (C=O) groups is 1. The van der Waals surface area contributed by atoms with Crippen molar-refractivity contribution in [2.45, 2.75) is 45.6 Å². The molecule has 0 heterocycles. The molecule has 1 saturated carbocycles. The summed E-state index contributed by atoms with van der Waals surface area (Å²) in [4.78, 5) is 11.1. The molecular weight excluding hydrogens is 228 g/mol. The molecule has 100 valence electrons. The summed E-state index contributed by atoms with van der Waals surface area (Å²) in [5.41, 5.74) is 1.60. The third-order valence-corrected chi connectivity index (χ3v) is 4.58. The zero-order chi connectivity index (χ0) is 13.5. The van der Waals surface area contributed by atoms with Crippen LogP contribution in [-0.4, -0.2) is 22.3 Å². The lowest BCUT2D eigenvalue weighted by atomic mass is 9.51. The summed E-state index contributed by atoms with van der Waals surface area (Å²) in [6, 6.07) is 0. The van der Waals surface area contributed by atoms with E-state index in [0.717, 1.165) is 19.3 Å². The molecule has 3 atom stereocenters. The Kier molecular flexibility index (Phi) is 3.37. The van der Waals surface area contributed by atoms with Gasteiger partial charge in [-0.2, -0.15) is 0 Å². The molecule has 0 aromatic carbocycles. The summed E-state index contributed by atoms with van der Waals surface area (Å²) in [7, 11) is 0. The first-order chi connectivity index (χ1) is 8.33. The van der Waals surface area contributed by atoms with E-state index in [9.17, 15) is 9.90 Å². The van der Waals surface area contributed by atoms with Crippen molar-refractivity contribution in [2.24, 2.45) is 17.3 Å². The Morgan fingerprint density at radius 1 is 1.50 bits per heavy atom. The van der Waals surface area contributed by atoms with Crippen LogP contribution in [0.4, 0.5) is 0 Å². The quantitative estimate of drug-likeness (QED) is 0.703. The third-order valence-electron chi connectivity index (χ3n) is 4.58. The van der Waals surface area contributed by atoms with Crippen LogP contribution in [0.2, 0.25) is 0 Å². The number of fused-ring (bicyclic) bond motifs is 1. The van der Waals surface area contributed by atoms with Gasteiger partial charge >= 0.3 is 5.97 Å². The Labute approximate surface area is 108 Å². The van der Waals surface area contributed by atoms with Gasteiger partial charge in [0.1, 0.15) is 0 Å². The number of aliphatic hydroxyl groups excluding tert-OH is 1. The fourth-order valence-corrected chi connectivity index (χ4v) is 3.63. The minimum atomic E-state index is -0.907. The molecule has 0 aromatic rings. The van der Waals surface area contributed by atoms with Gasteiger partial charge in [0.25, 0.3) is 0 Å². The van der Waals surface area contributed by atoms with E-state index >= 15 is 0 Å². The smallest absolute Gasteiger partial charge is 0.331 e. The molecule has 0 amide bonds. The SMILES string of the molecule is C=C1CCC=C(C(=O)O)C[C@H](O)C2C1CC2(C)C. The summed E-state index contributed by atoms with van der Waals surface area (Å²) in [6.07, 6.45) is 4.03. The van der Waals surface area contributed by atoms with Gasteiger partial charge in [-0.3, -0.25) is 0 Å². The first-order valence-electron chi connectivity index (χ1n) is 6.61. The Bertz CT molecular complexity index is 406. The van der Waals surface area contributed by atoms with Crippen molar-refractivity contribution in [3.8, 4) is 0 Å². The van der Waals surface area contributed by atoms with Crippen LogP contribution in [0.5, 0.6) is 0 Å². The lowest BCUT2D eigenvalue weighted by Gasteiger charge is -2.54. The molecule has 0 aliphatic heterocycles. The minimum absolute atomic E-state index is 0.0843. The summed E-state index contributed by atoms with van der Waals surface area (Å²) in [6.45, 7) is 8.41. The van der Waals surface area contributed by atoms with E-state index < -0.39 is 12.1 Å². The first-order valence-corrected chi connectivity index (χ1v) is 6.61. The minimum Gasteiger partial charge on any atom is -0.478 e. The van der Waals surface area contributed by atoms with Crippen LogP contribution in [-0.2, 0) is 4.79 Å². The van der Waals surface area contributed by atoms with Crippen LogP contribution in [0.3, 0.4) is 0 Å². The molecule has 1 fully saturated rings. The molecule has 0 bridgehead atoms. The van der Waals surface area contributed by atoms with Crippen LogP contribution in [0, 0.1) is 17.3 Å². The van der Waals surface area contributed by atoms with Crippen molar-refractivity contribution >= 4 is 5.97 Å². The predicted octanol–water partition coefficient (Wildman–Crippen LogP) is 2.76. The number of carboxylic acid groups (broad SMARTS) is 1. The van der Waals surface area contributed by atoms with E-state index in [4.69, 9.17) is 5.11 Å². The molecule has 3 heteroatoms. The van der Waals surface area contributed by atoms with Crippen molar-refractivity contribution in [3.05, 3.63) is 23.8 Å². The maximum atomic E-state index is 11.1. The topological polar surface area (TPSA) is 57.5 Å². The van der Waals surface area contributed by atoms with Crippen molar-refractivity contribution in [1.82, 2.24) is 0 Å². The van der Waals surface area contributed by atoms with Crippen LogP contribution >= 0.6 is 0 Å². The zero-order valence-electron chi connectivity index (χ0n) is 11.1. The van der Waals surface area contributed by atoms with Gasteiger partial charge in [-0.15, -0.1) is 0 Å². The number of carboxylic acids is 1. The van der Waals surface area contributed by atoms with E-state index in [1.807, 2.05) is 0 Å². The van der Waals surface area contributed by atoms with Crippen molar-refractivity contribution < 1.29 is 15.0 Å². The van der Waals surface area contributed by atoms with Crippen LogP contribution < -0.4 is 0 Å². The molecule has 0 saturated heterocycles. The van der Waals surface area contributed by atoms with E-state index in [-0.39, 0.29) is 17.8 Å². The van der Waals surface area contributed by atoms with Gasteiger partial charge in [-0.25, -0.2) is 4.79 Å². The standard InChI is InChI=1S/C15H22O3/c1-9-5-4-6-10(14(17)18)7-12(16)13-11(9)8-15(13,2)3/h6,11-13,16H,1,4-5,7-8H2,2-3H3,(H,17,18)/t11?,12-,13?/m0/s1. The number of aliphatic hydroxyl groups is 1. The third kappa shape index (κ3) is 2.24. The van der Waals surface area contributed by atoms with E-state index in [0.29, 0.717) is 11.5 Å². The van der Waals surface area contributed by atoms with Gasteiger partial charge < -0.3 is 10.2 Å². The molecule has 0 aromatic heterocycles. The molecule has 18 heavy (non-hydrogen) atoms. The number of hydrogen-bond acceptors (Lipinski definition) is 2. The van der Waals surface area contributed by atoms with E-state index in [1.54, 1.807) is 6.08 Å². The fourth-order valence-electron chi connectivity index (χ4n) is 3.63. The maximum absolute atomic E-state index is 11.1. The van der Waals surface area contributed by atoms with Crippen LogP contribution in [0.1, 0.15) is 39.5 Å². The number of allylic oxidation sites excluding steroid dienone is 2. The fraction of sp³-hybridized carbons (Fsp3) is 0.667. The highest BCUT2D eigenvalue weighted by molar-refractivity contribution is 5.86. The Balaban J connectivity index is 2.25. The second-order valence-corrected chi connectivity index (χ2v) is 6.33. The Morgan fingerprint density at radius 3 is 2.72 bits per heavy atom. The maximum Gasteiger partial charge on any atom is 0.331 e. The summed E-state index contributed by atoms with van der Waals surface area (Å²) < 4.78 is 0.